The summed E-state index contributed by atoms with van der Waals surface area (Å²) in [6.07, 6.45) is -1.05. The first-order valence-electron chi connectivity index (χ1n) is 12.4. The summed E-state index contributed by atoms with van der Waals surface area (Å²) in [5.74, 6) is -5.80. The van der Waals surface area contributed by atoms with E-state index in [9.17, 15) is 39.0 Å². The van der Waals surface area contributed by atoms with Crippen molar-refractivity contribution in [2.24, 2.45) is 17.4 Å². The molecule has 39 heavy (non-hydrogen) atoms. The summed E-state index contributed by atoms with van der Waals surface area (Å²) in [6, 6.07) is 0.661. The molecule has 0 aliphatic carbocycles. The minimum Gasteiger partial charge on any atom is -0.508 e. The van der Waals surface area contributed by atoms with Crippen LogP contribution in [-0.2, 0) is 35.2 Å². The Bertz CT molecular complexity index is 1030. The number of aliphatic carboxylic acids is 2. The maximum absolute atomic E-state index is 13.1. The molecule has 1 aromatic carbocycles. The molecule has 10 N–H and O–H groups in total. The summed E-state index contributed by atoms with van der Waals surface area (Å²) in [7, 11) is 0. The molecule has 0 fully saturated rings. The van der Waals surface area contributed by atoms with Crippen LogP contribution in [0, 0.1) is 5.92 Å². The molecule has 14 heteroatoms. The summed E-state index contributed by atoms with van der Waals surface area (Å²) in [5.41, 5.74) is 11.3. The van der Waals surface area contributed by atoms with E-state index in [0.29, 0.717) is 5.56 Å². The average Bonchev–Trinajstić information content (AvgIpc) is 2.84. The number of carboxylic acids is 2. The van der Waals surface area contributed by atoms with Gasteiger partial charge in [-0.15, -0.1) is 0 Å². The third-order valence-electron chi connectivity index (χ3n) is 5.65. The van der Waals surface area contributed by atoms with Crippen molar-refractivity contribution >= 4 is 35.6 Å². The van der Waals surface area contributed by atoms with Crippen LogP contribution < -0.4 is 27.4 Å². The van der Waals surface area contributed by atoms with Gasteiger partial charge in [-0.2, -0.15) is 0 Å². The van der Waals surface area contributed by atoms with Crippen LogP contribution in [0.4, 0.5) is 0 Å². The molecular formula is C25H37N5O9. The van der Waals surface area contributed by atoms with Crippen molar-refractivity contribution < 1.29 is 44.1 Å². The molecule has 14 nitrogen and oxygen atoms in total. The number of benzene rings is 1. The highest BCUT2D eigenvalue weighted by Gasteiger charge is 2.31. The molecule has 0 saturated carbocycles. The molecule has 0 spiro atoms. The number of carbonyl (C=O) groups excluding carboxylic acids is 4. The van der Waals surface area contributed by atoms with E-state index in [-0.39, 0.29) is 43.8 Å². The Balaban J connectivity index is 3.03. The van der Waals surface area contributed by atoms with Gasteiger partial charge in [0, 0.05) is 19.3 Å². The zero-order chi connectivity index (χ0) is 29.7. The Hall–Kier alpha value is -4.20. The number of rotatable bonds is 17. The lowest BCUT2D eigenvalue weighted by Crippen LogP contribution is -2.57. The van der Waals surface area contributed by atoms with Crippen LogP contribution in [-0.4, -0.2) is 75.1 Å². The third kappa shape index (κ3) is 12.7. The number of hydrogen-bond acceptors (Lipinski definition) is 8. The lowest BCUT2D eigenvalue weighted by molar-refractivity contribution is -0.142. The molecule has 0 bridgehead atoms. The minimum absolute atomic E-state index is 0.00672. The largest absolute Gasteiger partial charge is 0.508 e. The number of phenols is 1. The highest BCUT2D eigenvalue weighted by atomic mass is 16.4. The van der Waals surface area contributed by atoms with Crippen molar-refractivity contribution in [3.63, 3.8) is 0 Å². The SMILES string of the molecule is CC(C)CC(NC(=O)C(CCC(=O)O)NC(=O)C(N)CCC(N)=O)C(=O)NC(Cc1ccc(O)cc1)C(=O)O. The summed E-state index contributed by atoms with van der Waals surface area (Å²) >= 11 is 0. The van der Waals surface area contributed by atoms with E-state index in [4.69, 9.17) is 16.6 Å². The Morgan fingerprint density at radius 2 is 1.33 bits per heavy atom. The van der Waals surface area contributed by atoms with Gasteiger partial charge in [-0.1, -0.05) is 26.0 Å². The standard InChI is InChI=1S/C25H37N5O9/c1-13(2)11-18(24(37)30-19(25(38)39)12-14-3-5-15(31)6-4-14)29-23(36)17(8-10-21(33)34)28-22(35)16(26)7-9-20(27)32/h3-6,13,16-19,31H,7-12,26H2,1-2H3,(H2,27,32)(H,28,35)(H,29,36)(H,30,37)(H,33,34)(H,38,39). The van der Waals surface area contributed by atoms with E-state index >= 15 is 0 Å². The fourth-order valence-corrected chi connectivity index (χ4v) is 3.56. The highest BCUT2D eigenvalue weighted by Crippen LogP contribution is 2.13. The van der Waals surface area contributed by atoms with E-state index in [0.717, 1.165) is 0 Å². The quantitative estimate of drug-likeness (QED) is 0.117. The second kappa shape index (κ2) is 15.9. The molecule has 4 amide bonds. The number of primary amides is 1. The number of hydrogen-bond donors (Lipinski definition) is 8. The van der Waals surface area contributed by atoms with Crippen LogP contribution in [0.3, 0.4) is 0 Å². The van der Waals surface area contributed by atoms with Gasteiger partial charge in [-0.05, 0) is 42.9 Å². The van der Waals surface area contributed by atoms with Crippen LogP contribution in [0.1, 0.15) is 51.5 Å². The monoisotopic (exact) mass is 551 g/mol. The summed E-state index contributed by atoms with van der Waals surface area (Å²) in [5, 5.41) is 35.3. The molecule has 0 saturated heterocycles. The molecule has 0 aromatic heterocycles. The number of aromatic hydroxyl groups is 1. The van der Waals surface area contributed by atoms with Gasteiger partial charge in [0.15, 0.2) is 0 Å². The second-order valence-corrected chi connectivity index (χ2v) is 9.57. The van der Waals surface area contributed by atoms with Crippen LogP contribution in [0.25, 0.3) is 0 Å². The van der Waals surface area contributed by atoms with E-state index in [1.54, 1.807) is 13.8 Å². The van der Waals surface area contributed by atoms with E-state index in [1.165, 1.54) is 24.3 Å². The molecule has 0 aliphatic heterocycles. The number of phenolic OH excluding ortho intramolecular Hbond substituents is 1. The zero-order valence-electron chi connectivity index (χ0n) is 21.9. The van der Waals surface area contributed by atoms with Crippen LogP contribution in [0.2, 0.25) is 0 Å². The van der Waals surface area contributed by atoms with Gasteiger partial charge in [0.05, 0.1) is 6.04 Å². The smallest absolute Gasteiger partial charge is 0.326 e. The third-order valence-corrected chi connectivity index (χ3v) is 5.65. The molecule has 0 aliphatic rings. The van der Waals surface area contributed by atoms with Gasteiger partial charge in [0.1, 0.15) is 23.9 Å². The number of carboxylic acid groups (broad SMARTS) is 2. The molecule has 0 radical (unpaired) electrons. The van der Waals surface area contributed by atoms with Gasteiger partial charge in [-0.3, -0.25) is 24.0 Å². The minimum atomic E-state index is -1.37. The fraction of sp³-hybridized carbons (Fsp3) is 0.520. The molecule has 1 rings (SSSR count). The normalized spacial score (nSPS) is 13.9. The maximum Gasteiger partial charge on any atom is 0.326 e. The predicted octanol–water partition coefficient (Wildman–Crippen LogP) is -1.02. The van der Waals surface area contributed by atoms with Crippen molar-refractivity contribution in [1.82, 2.24) is 16.0 Å². The molecule has 4 atom stereocenters. The van der Waals surface area contributed by atoms with Gasteiger partial charge in [0.25, 0.3) is 0 Å². The van der Waals surface area contributed by atoms with Crippen molar-refractivity contribution in [1.29, 1.82) is 0 Å². The lowest BCUT2D eigenvalue weighted by atomic mass is 10.0. The summed E-state index contributed by atoms with van der Waals surface area (Å²) < 4.78 is 0. The van der Waals surface area contributed by atoms with Gasteiger partial charge >= 0.3 is 11.9 Å². The number of amides is 4. The van der Waals surface area contributed by atoms with E-state index in [2.05, 4.69) is 16.0 Å². The Kier molecular flexibility index (Phi) is 13.4. The molecule has 4 unspecified atom stereocenters. The topological polar surface area (TPSA) is 251 Å². The summed E-state index contributed by atoms with van der Waals surface area (Å²) in [6.45, 7) is 3.55. The van der Waals surface area contributed by atoms with Crippen molar-refractivity contribution in [2.75, 3.05) is 0 Å². The van der Waals surface area contributed by atoms with Gasteiger partial charge < -0.3 is 42.7 Å². The number of nitrogens with two attached hydrogens (primary N) is 2. The van der Waals surface area contributed by atoms with Crippen molar-refractivity contribution in [2.45, 2.75) is 76.5 Å². The van der Waals surface area contributed by atoms with Crippen LogP contribution >= 0.6 is 0 Å². The average molecular weight is 552 g/mol. The Labute approximate surface area is 225 Å². The fourth-order valence-electron chi connectivity index (χ4n) is 3.56. The first-order valence-corrected chi connectivity index (χ1v) is 12.4. The lowest BCUT2D eigenvalue weighted by Gasteiger charge is -2.26. The summed E-state index contributed by atoms with van der Waals surface area (Å²) in [4.78, 5) is 72.5. The number of nitrogens with one attached hydrogen (secondary N) is 3. The molecule has 216 valence electrons. The molecular weight excluding hydrogens is 514 g/mol. The zero-order valence-corrected chi connectivity index (χ0v) is 21.9. The van der Waals surface area contributed by atoms with Gasteiger partial charge in [0.2, 0.25) is 23.6 Å². The second-order valence-electron chi connectivity index (χ2n) is 9.57. The van der Waals surface area contributed by atoms with E-state index in [1.807, 2.05) is 0 Å². The number of carbonyl (C=O) groups is 6. The molecule has 1 aromatic rings. The molecule has 0 heterocycles. The first kappa shape index (κ1) is 32.8. The highest BCUT2D eigenvalue weighted by molar-refractivity contribution is 5.94. The Morgan fingerprint density at radius 3 is 1.85 bits per heavy atom. The van der Waals surface area contributed by atoms with Crippen LogP contribution in [0.15, 0.2) is 24.3 Å². The predicted molar refractivity (Wildman–Crippen MR) is 138 cm³/mol. The Morgan fingerprint density at radius 1 is 0.795 bits per heavy atom. The first-order chi connectivity index (χ1) is 18.2. The van der Waals surface area contributed by atoms with Crippen LogP contribution in [0.5, 0.6) is 5.75 Å². The maximum atomic E-state index is 13.1. The van der Waals surface area contributed by atoms with Gasteiger partial charge in [-0.25, -0.2) is 4.79 Å². The van der Waals surface area contributed by atoms with Crippen molar-refractivity contribution in [3.8, 4) is 5.75 Å². The van der Waals surface area contributed by atoms with E-state index < -0.39 is 66.2 Å². The van der Waals surface area contributed by atoms with Crippen molar-refractivity contribution in [3.05, 3.63) is 29.8 Å².